The molecule has 0 bridgehead atoms. The van der Waals surface area contributed by atoms with Crippen molar-refractivity contribution < 1.29 is 8.42 Å². The molecular formula is C12H14BrClN4O2S. The van der Waals surface area contributed by atoms with E-state index in [0.29, 0.717) is 23.0 Å². The number of benzene rings is 1. The van der Waals surface area contributed by atoms with Gasteiger partial charge in [0.15, 0.2) is 5.82 Å². The molecule has 0 unspecified atom stereocenters. The Labute approximate surface area is 136 Å². The van der Waals surface area contributed by atoms with Crippen LogP contribution in [0.2, 0.25) is 5.02 Å². The van der Waals surface area contributed by atoms with E-state index in [1.165, 1.54) is 4.57 Å². The van der Waals surface area contributed by atoms with Crippen LogP contribution in [0.1, 0.15) is 13.8 Å². The zero-order valence-electron chi connectivity index (χ0n) is 11.4. The van der Waals surface area contributed by atoms with Gasteiger partial charge in [-0.2, -0.15) is 0 Å². The van der Waals surface area contributed by atoms with Crippen molar-refractivity contribution in [2.24, 2.45) is 11.1 Å². The fraction of sp³-hybridized carbons (Fsp3) is 0.333. The van der Waals surface area contributed by atoms with Crippen LogP contribution in [0.3, 0.4) is 0 Å². The van der Waals surface area contributed by atoms with Crippen molar-refractivity contribution in [3.8, 4) is 11.4 Å². The highest BCUT2D eigenvalue weighted by Gasteiger charge is 2.23. The van der Waals surface area contributed by atoms with Gasteiger partial charge in [0.1, 0.15) is 0 Å². The van der Waals surface area contributed by atoms with Crippen LogP contribution >= 0.6 is 27.5 Å². The molecule has 0 spiro atoms. The summed E-state index contributed by atoms with van der Waals surface area (Å²) >= 11 is 9.54. The molecule has 1 aromatic carbocycles. The zero-order valence-corrected chi connectivity index (χ0v) is 14.6. The number of sulfonamides is 1. The monoisotopic (exact) mass is 392 g/mol. The number of hydrogen-bond donors (Lipinski definition) is 1. The van der Waals surface area contributed by atoms with Gasteiger partial charge in [-0.25, -0.2) is 13.6 Å². The first-order chi connectivity index (χ1) is 9.70. The number of halogens is 2. The Bertz CT molecular complexity index is 774. The second-order valence-corrected chi connectivity index (χ2v) is 7.76. The second-order valence-electron chi connectivity index (χ2n) is 4.98. The fourth-order valence-corrected chi connectivity index (χ4v) is 3.08. The molecule has 2 N–H and O–H groups in total. The summed E-state index contributed by atoms with van der Waals surface area (Å²) in [5, 5.41) is 13.1. The van der Waals surface area contributed by atoms with Gasteiger partial charge in [0.25, 0.3) is 15.2 Å². The predicted octanol–water partition coefficient (Wildman–Crippen LogP) is 2.66. The van der Waals surface area contributed by atoms with Crippen LogP contribution in [-0.2, 0) is 16.6 Å². The van der Waals surface area contributed by atoms with Crippen molar-refractivity contribution in [1.82, 2.24) is 14.8 Å². The van der Waals surface area contributed by atoms with Crippen LogP contribution < -0.4 is 5.14 Å². The summed E-state index contributed by atoms with van der Waals surface area (Å²) in [6.45, 7) is 4.33. The molecule has 0 saturated carbocycles. The minimum Gasteiger partial charge on any atom is -0.296 e. The molecule has 0 aliphatic rings. The summed E-state index contributed by atoms with van der Waals surface area (Å²) in [5.74, 6) is 0.560. The van der Waals surface area contributed by atoms with Crippen LogP contribution in [0.25, 0.3) is 11.4 Å². The molecule has 6 nitrogen and oxygen atoms in total. The fourth-order valence-electron chi connectivity index (χ4n) is 1.90. The Morgan fingerprint density at radius 3 is 2.62 bits per heavy atom. The summed E-state index contributed by atoms with van der Waals surface area (Å²) < 4.78 is 25.6. The number of aromatic nitrogens is 3. The smallest absolute Gasteiger partial charge is 0.273 e. The molecule has 1 heterocycles. The van der Waals surface area contributed by atoms with Gasteiger partial charge in [0.05, 0.1) is 5.02 Å². The second kappa shape index (κ2) is 6.04. The largest absolute Gasteiger partial charge is 0.296 e. The number of primary sulfonamides is 1. The maximum Gasteiger partial charge on any atom is 0.273 e. The highest BCUT2D eigenvalue weighted by Crippen LogP contribution is 2.31. The summed E-state index contributed by atoms with van der Waals surface area (Å²) in [4.78, 5) is 0. The quantitative estimate of drug-likeness (QED) is 0.864. The molecule has 0 saturated heterocycles. The Hall–Kier alpha value is -0.960. The first-order valence-corrected chi connectivity index (χ1v) is 8.83. The Balaban J connectivity index is 2.69. The highest BCUT2D eigenvalue weighted by atomic mass is 79.9. The van der Waals surface area contributed by atoms with E-state index in [2.05, 4.69) is 26.1 Å². The van der Waals surface area contributed by atoms with Gasteiger partial charge in [0.2, 0.25) is 0 Å². The van der Waals surface area contributed by atoms with Gasteiger partial charge in [-0.15, -0.1) is 10.2 Å². The van der Waals surface area contributed by atoms with Crippen LogP contribution in [0.15, 0.2) is 27.8 Å². The molecule has 0 amide bonds. The third-order valence-electron chi connectivity index (χ3n) is 2.69. The van der Waals surface area contributed by atoms with E-state index in [1.54, 1.807) is 18.2 Å². The lowest BCUT2D eigenvalue weighted by Gasteiger charge is -2.12. The third-order valence-corrected chi connectivity index (χ3v) is 4.32. The normalized spacial score (nSPS) is 12.1. The van der Waals surface area contributed by atoms with E-state index in [4.69, 9.17) is 16.7 Å². The SMILES string of the molecule is CC(C)Cn1c(-c2cc(Br)ccc2Cl)nnc1S(N)(=O)=O. The molecule has 0 aliphatic carbocycles. The van der Waals surface area contributed by atoms with Crippen LogP contribution in [0, 0.1) is 5.92 Å². The molecule has 0 atom stereocenters. The van der Waals surface area contributed by atoms with Gasteiger partial charge in [-0.05, 0) is 24.1 Å². The number of rotatable bonds is 4. The topological polar surface area (TPSA) is 90.9 Å². The van der Waals surface area contributed by atoms with Crippen molar-refractivity contribution >= 4 is 37.6 Å². The molecule has 21 heavy (non-hydrogen) atoms. The minimum atomic E-state index is -3.95. The van der Waals surface area contributed by atoms with Crippen molar-refractivity contribution in [1.29, 1.82) is 0 Å². The average Bonchev–Trinajstić information content (AvgIpc) is 2.74. The van der Waals surface area contributed by atoms with Crippen molar-refractivity contribution in [2.75, 3.05) is 0 Å². The van der Waals surface area contributed by atoms with E-state index in [1.807, 2.05) is 13.8 Å². The molecule has 0 fully saturated rings. The highest BCUT2D eigenvalue weighted by molar-refractivity contribution is 9.10. The lowest BCUT2D eigenvalue weighted by Crippen LogP contribution is -2.20. The van der Waals surface area contributed by atoms with Gasteiger partial charge in [-0.1, -0.05) is 41.4 Å². The standard InChI is InChI=1S/C12H14BrClN4O2S/c1-7(2)6-18-11(16-17-12(18)21(15,19)20)9-5-8(13)3-4-10(9)14/h3-5,7H,6H2,1-2H3,(H2,15,19,20). The molecule has 1 aromatic heterocycles. The lowest BCUT2D eigenvalue weighted by molar-refractivity contribution is 0.486. The van der Waals surface area contributed by atoms with Crippen LogP contribution in [0.4, 0.5) is 0 Å². The van der Waals surface area contributed by atoms with Gasteiger partial charge >= 0.3 is 0 Å². The summed E-state index contributed by atoms with van der Waals surface area (Å²) in [5.41, 5.74) is 0.592. The summed E-state index contributed by atoms with van der Waals surface area (Å²) in [7, 11) is -3.95. The summed E-state index contributed by atoms with van der Waals surface area (Å²) in [6.07, 6.45) is 0. The maximum absolute atomic E-state index is 11.6. The van der Waals surface area contributed by atoms with Gasteiger partial charge in [0, 0.05) is 16.6 Å². The first-order valence-electron chi connectivity index (χ1n) is 6.11. The number of nitrogens with zero attached hydrogens (tertiary/aromatic N) is 3. The van der Waals surface area contributed by atoms with Crippen molar-refractivity contribution in [2.45, 2.75) is 25.5 Å². The Morgan fingerprint density at radius 1 is 1.38 bits per heavy atom. The van der Waals surface area contributed by atoms with Crippen molar-refractivity contribution in [3.05, 3.63) is 27.7 Å². The third kappa shape index (κ3) is 3.63. The predicted molar refractivity (Wildman–Crippen MR) is 84.4 cm³/mol. The molecule has 9 heteroatoms. The molecule has 2 aromatic rings. The van der Waals surface area contributed by atoms with E-state index in [0.717, 1.165) is 4.47 Å². The lowest BCUT2D eigenvalue weighted by atomic mass is 10.2. The molecular weight excluding hydrogens is 380 g/mol. The summed E-state index contributed by atoms with van der Waals surface area (Å²) in [6, 6.07) is 5.25. The number of hydrogen-bond acceptors (Lipinski definition) is 4. The van der Waals surface area contributed by atoms with Gasteiger partial charge < -0.3 is 0 Å². The molecule has 114 valence electrons. The van der Waals surface area contributed by atoms with Crippen LogP contribution in [0.5, 0.6) is 0 Å². The van der Waals surface area contributed by atoms with E-state index < -0.39 is 10.0 Å². The molecule has 0 aliphatic heterocycles. The first kappa shape index (κ1) is 16.4. The van der Waals surface area contributed by atoms with E-state index in [-0.39, 0.29) is 11.1 Å². The van der Waals surface area contributed by atoms with Crippen molar-refractivity contribution in [3.63, 3.8) is 0 Å². The van der Waals surface area contributed by atoms with E-state index in [9.17, 15) is 8.42 Å². The Morgan fingerprint density at radius 2 is 2.05 bits per heavy atom. The van der Waals surface area contributed by atoms with Gasteiger partial charge in [-0.3, -0.25) is 4.57 Å². The Kier molecular flexibility index (Phi) is 4.72. The molecule has 0 radical (unpaired) electrons. The minimum absolute atomic E-state index is 0.186. The zero-order chi connectivity index (χ0) is 15.8. The maximum atomic E-state index is 11.6. The molecule has 2 rings (SSSR count). The number of nitrogens with two attached hydrogens (primary N) is 1. The van der Waals surface area contributed by atoms with E-state index >= 15 is 0 Å². The average molecular weight is 394 g/mol. The van der Waals surface area contributed by atoms with Crippen LogP contribution in [-0.4, -0.2) is 23.2 Å².